The number of rotatable bonds is 3. The maximum Gasteiger partial charge on any atom is 0.225 e. The molecule has 0 aromatic carbocycles. The summed E-state index contributed by atoms with van der Waals surface area (Å²) in [6.45, 7) is 2.88. The molecule has 6 heteroatoms. The van der Waals surface area contributed by atoms with E-state index in [0.29, 0.717) is 0 Å². The third-order valence-corrected chi connectivity index (χ3v) is 3.52. The van der Waals surface area contributed by atoms with Crippen LogP contribution in [-0.4, -0.2) is 33.5 Å². The lowest BCUT2D eigenvalue weighted by Crippen LogP contribution is -2.25. The summed E-state index contributed by atoms with van der Waals surface area (Å²) in [4.78, 5) is 19.9. The molecule has 2 aromatic heterocycles. The molecule has 2 aromatic rings. The molecule has 0 radical (unpaired) electrons. The zero-order valence-corrected chi connectivity index (χ0v) is 11.7. The molecule has 0 bridgehead atoms. The van der Waals surface area contributed by atoms with Crippen LogP contribution in [-0.2, 0) is 0 Å². The quantitative estimate of drug-likeness (QED) is 0.919. The molecule has 104 valence electrons. The summed E-state index contributed by atoms with van der Waals surface area (Å²) in [5.74, 6) is 2.42. The van der Waals surface area contributed by atoms with E-state index in [0.717, 1.165) is 42.7 Å². The number of nitrogens with one attached hydrogen (secondary N) is 1. The highest BCUT2D eigenvalue weighted by Crippen LogP contribution is 2.33. The Morgan fingerprint density at radius 3 is 2.80 bits per heavy atom. The van der Waals surface area contributed by atoms with Gasteiger partial charge in [-0.3, -0.25) is 0 Å². The number of hydrogen-bond acceptors (Lipinski definition) is 6. The minimum absolute atomic E-state index is 0.228. The molecule has 1 aliphatic heterocycles. The highest BCUT2D eigenvalue weighted by molar-refractivity contribution is 5.41. The first-order valence-electron chi connectivity index (χ1n) is 6.85. The lowest BCUT2D eigenvalue weighted by molar-refractivity contribution is 0.673. The largest absolute Gasteiger partial charge is 0.373 e. The molecule has 0 spiro atoms. The molecule has 1 saturated heterocycles. The van der Waals surface area contributed by atoms with Crippen molar-refractivity contribution in [2.75, 3.05) is 23.8 Å². The molecular weight excluding hydrogens is 252 g/mol. The normalized spacial score (nSPS) is 18.3. The van der Waals surface area contributed by atoms with Crippen LogP contribution in [0.15, 0.2) is 24.5 Å². The molecule has 0 amide bonds. The average Bonchev–Trinajstić information content (AvgIpc) is 2.97. The fraction of sp³-hybridized carbons (Fsp3) is 0.429. The Bertz CT molecular complexity index is 585. The van der Waals surface area contributed by atoms with E-state index < -0.39 is 0 Å². The van der Waals surface area contributed by atoms with Crippen molar-refractivity contribution in [2.24, 2.45) is 0 Å². The standard InChI is InChI=1S/C14H18N6/c1-10-18-11(9-13(15-2)19-10)12-5-3-8-20(12)14-16-6-4-7-17-14/h4,6-7,9,12H,3,5,8H2,1-2H3,(H,15,18,19)/t12-/m1/s1. The Labute approximate surface area is 118 Å². The minimum atomic E-state index is 0.228. The maximum atomic E-state index is 4.59. The molecule has 0 saturated carbocycles. The van der Waals surface area contributed by atoms with Crippen LogP contribution < -0.4 is 10.2 Å². The smallest absolute Gasteiger partial charge is 0.225 e. The van der Waals surface area contributed by atoms with Crippen molar-refractivity contribution in [1.29, 1.82) is 0 Å². The molecular formula is C14H18N6. The van der Waals surface area contributed by atoms with Crippen molar-refractivity contribution < 1.29 is 0 Å². The summed E-state index contributed by atoms with van der Waals surface area (Å²) < 4.78 is 0. The second kappa shape index (κ2) is 5.40. The van der Waals surface area contributed by atoms with Gasteiger partial charge in [0.1, 0.15) is 11.6 Å². The molecule has 1 N–H and O–H groups in total. The van der Waals surface area contributed by atoms with Crippen LogP contribution in [0.25, 0.3) is 0 Å². The number of nitrogens with zero attached hydrogens (tertiary/aromatic N) is 5. The SMILES string of the molecule is CNc1cc([C@H]2CCCN2c2ncccn2)nc(C)n1. The first kappa shape index (κ1) is 12.8. The molecule has 6 nitrogen and oxygen atoms in total. The molecule has 3 heterocycles. The highest BCUT2D eigenvalue weighted by Gasteiger charge is 2.29. The van der Waals surface area contributed by atoms with E-state index >= 15 is 0 Å². The molecule has 1 aliphatic rings. The third kappa shape index (κ3) is 2.41. The zero-order valence-electron chi connectivity index (χ0n) is 11.7. The van der Waals surface area contributed by atoms with E-state index in [1.54, 1.807) is 12.4 Å². The minimum Gasteiger partial charge on any atom is -0.373 e. The van der Waals surface area contributed by atoms with Crippen LogP contribution in [0.1, 0.15) is 30.4 Å². The molecule has 1 atom stereocenters. The first-order chi connectivity index (χ1) is 9.78. The molecule has 3 rings (SSSR count). The predicted octanol–water partition coefficient (Wildman–Crippen LogP) is 1.96. The lowest BCUT2D eigenvalue weighted by atomic mass is 10.1. The number of anilines is 2. The second-order valence-corrected chi connectivity index (χ2v) is 4.88. The molecule has 1 fully saturated rings. The van der Waals surface area contributed by atoms with E-state index in [-0.39, 0.29) is 6.04 Å². The van der Waals surface area contributed by atoms with E-state index in [1.807, 2.05) is 26.1 Å². The Hall–Kier alpha value is -2.24. The van der Waals surface area contributed by atoms with Gasteiger partial charge in [0.25, 0.3) is 0 Å². The van der Waals surface area contributed by atoms with Gasteiger partial charge in [0.05, 0.1) is 11.7 Å². The summed E-state index contributed by atoms with van der Waals surface area (Å²) in [5, 5.41) is 3.09. The Kier molecular flexibility index (Phi) is 3.45. The van der Waals surface area contributed by atoms with Crippen LogP contribution >= 0.6 is 0 Å². The number of aryl methyl sites for hydroxylation is 1. The van der Waals surface area contributed by atoms with Crippen molar-refractivity contribution >= 4 is 11.8 Å². The van der Waals surface area contributed by atoms with Gasteiger partial charge in [-0.2, -0.15) is 0 Å². The Morgan fingerprint density at radius 2 is 2.05 bits per heavy atom. The highest BCUT2D eigenvalue weighted by atomic mass is 15.3. The van der Waals surface area contributed by atoms with Gasteiger partial charge in [-0.1, -0.05) is 0 Å². The molecule has 0 aliphatic carbocycles. The van der Waals surface area contributed by atoms with Crippen LogP contribution in [0.5, 0.6) is 0 Å². The van der Waals surface area contributed by atoms with E-state index in [9.17, 15) is 0 Å². The number of aromatic nitrogens is 4. The van der Waals surface area contributed by atoms with Crippen LogP contribution in [0.2, 0.25) is 0 Å². The lowest BCUT2D eigenvalue weighted by Gasteiger charge is -2.24. The van der Waals surface area contributed by atoms with Crippen molar-refractivity contribution in [2.45, 2.75) is 25.8 Å². The van der Waals surface area contributed by atoms with Gasteiger partial charge >= 0.3 is 0 Å². The van der Waals surface area contributed by atoms with Gasteiger partial charge in [-0.25, -0.2) is 19.9 Å². The van der Waals surface area contributed by atoms with Crippen LogP contribution in [0.4, 0.5) is 11.8 Å². The van der Waals surface area contributed by atoms with E-state index in [1.165, 1.54) is 0 Å². The van der Waals surface area contributed by atoms with Gasteiger partial charge in [0, 0.05) is 32.1 Å². The van der Waals surface area contributed by atoms with Crippen molar-refractivity contribution in [1.82, 2.24) is 19.9 Å². The van der Waals surface area contributed by atoms with E-state index in [2.05, 4.69) is 30.2 Å². The predicted molar refractivity (Wildman–Crippen MR) is 77.7 cm³/mol. The van der Waals surface area contributed by atoms with Crippen molar-refractivity contribution in [3.63, 3.8) is 0 Å². The van der Waals surface area contributed by atoms with Gasteiger partial charge in [-0.05, 0) is 25.8 Å². The topological polar surface area (TPSA) is 66.8 Å². The fourth-order valence-corrected chi connectivity index (χ4v) is 2.64. The van der Waals surface area contributed by atoms with Gasteiger partial charge in [0.15, 0.2) is 0 Å². The summed E-state index contributed by atoms with van der Waals surface area (Å²) in [6.07, 6.45) is 5.75. The van der Waals surface area contributed by atoms with Gasteiger partial charge < -0.3 is 10.2 Å². The van der Waals surface area contributed by atoms with Gasteiger partial charge in [0.2, 0.25) is 5.95 Å². The molecule has 20 heavy (non-hydrogen) atoms. The van der Waals surface area contributed by atoms with Crippen LogP contribution in [0, 0.1) is 6.92 Å². The summed E-state index contributed by atoms with van der Waals surface area (Å²) >= 11 is 0. The fourth-order valence-electron chi connectivity index (χ4n) is 2.64. The summed E-state index contributed by atoms with van der Waals surface area (Å²) in [5.41, 5.74) is 1.03. The van der Waals surface area contributed by atoms with Crippen LogP contribution in [0.3, 0.4) is 0 Å². The molecule has 0 unspecified atom stereocenters. The zero-order chi connectivity index (χ0) is 13.9. The monoisotopic (exact) mass is 270 g/mol. The third-order valence-electron chi connectivity index (χ3n) is 3.52. The second-order valence-electron chi connectivity index (χ2n) is 4.88. The van der Waals surface area contributed by atoms with E-state index in [4.69, 9.17) is 0 Å². The van der Waals surface area contributed by atoms with Crippen molar-refractivity contribution in [3.05, 3.63) is 36.0 Å². The number of hydrogen-bond donors (Lipinski definition) is 1. The average molecular weight is 270 g/mol. The summed E-state index contributed by atoms with van der Waals surface area (Å²) in [6, 6.07) is 4.08. The summed E-state index contributed by atoms with van der Waals surface area (Å²) in [7, 11) is 1.87. The Morgan fingerprint density at radius 1 is 1.25 bits per heavy atom. The maximum absolute atomic E-state index is 4.59. The van der Waals surface area contributed by atoms with Gasteiger partial charge in [-0.15, -0.1) is 0 Å². The Balaban J connectivity index is 1.94. The van der Waals surface area contributed by atoms with Crippen molar-refractivity contribution in [3.8, 4) is 0 Å². The first-order valence-corrected chi connectivity index (χ1v) is 6.85.